The summed E-state index contributed by atoms with van der Waals surface area (Å²) in [5, 5.41) is 1.78. The first kappa shape index (κ1) is 20.0. The zero-order valence-corrected chi connectivity index (χ0v) is 18.1. The first-order valence-electron chi connectivity index (χ1n) is 8.23. The molecule has 0 amide bonds. The van der Waals surface area contributed by atoms with E-state index in [0.717, 1.165) is 0 Å². The fourth-order valence-corrected chi connectivity index (χ4v) is 3.96. The summed E-state index contributed by atoms with van der Waals surface area (Å²) >= 11 is 16.0. The zero-order chi connectivity index (χ0) is 19.9. The van der Waals surface area contributed by atoms with Gasteiger partial charge in [0, 0.05) is 29.3 Å². The van der Waals surface area contributed by atoms with Gasteiger partial charge in [0.2, 0.25) is 0 Å². The van der Waals surface area contributed by atoms with Gasteiger partial charge in [-0.3, -0.25) is 9.59 Å². The van der Waals surface area contributed by atoms with Crippen LogP contribution >= 0.6 is 39.1 Å². The van der Waals surface area contributed by atoms with Gasteiger partial charge in [-0.1, -0.05) is 23.2 Å². The Morgan fingerprint density at radius 3 is 2.52 bits per heavy atom. The standard InChI is InChI=1S/C19H17BrCl2N2O3/c1-4-27-16(25)9-24-15-8-12(20)14(22)7-11(15)19(26)10-5-6-13(21)18(17(10)24)23(2)3/h5-8H,4,9H2,1-3H3. The molecule has 2 aromatic carbocycles. The molecule has 0 atom stereocenters. The molecule has 0 saturated heterocycles. The number of esters is 1. The molecule has 0 spiro atoms. The molecule has 27 heavy (non-hydrogen) atoms. The number of ether oxygens (including phenoxy) is 1. The average molecular weight is 472 g/mol. The van der Waals surface area contributed by atoms with Gasteiger partial charge in [0.1, 0.15) is 6.54 Å². The van der Waals surface area contributed by atoms with Crippen molar-refractivity contribution in [1.29, 1.82) is 0 Å². The van der Waals surface area contributed by atoms with Crippen molar-refractivity contribution in [2.45, 2.75) is 13.5 Å². The van der Waals surface area contributed by atoms with Crippen molar-refractivity contribution in [3.63, 3.8) is 0 Å². The van der Waals surface area contributed by atoms with Crippen molar-refractivity contribution in [3.05, 3.63) is 49.0 Å². The summed E-state index contributed by atoms with van der Waals surface area (Å²) in [5.41, 5.74) is 1.63. The number of nitrogens with zero attached hydrogens (tertiary/aromatic N) is 2. The number of aromatic nitrogens is 1. The molecule has 3 rings (SSSR count). The molecule has 142 valence electrons. The summed E-state index contributed by atoms with van der Waals surface area (Å²) < 4.78 is 7.52. The molecule has 0 bridgehead atoms. The third kappa shape index (κ3) is 3.53. The molecule has 0 fully saturated rings. The van der Waals surface area contributed by atoms with Crippen molar-refractivity contribution >= 4 is 72.6 Å². The predicted octanol–water partition coefficient (Wildman–Crippen LogP) is 4.85. The average Bonchev–Trinajstić information content (AvgIpc) is 2.60. The lowest BCUT2D eigenvalue weighted by molar-refractivity contribution is -0.143. The van der Waals surface area contributed by atoms with Gasteiger partial charge < -0.3 is 14.2 Å². The Hall–Kier alpha value is -1.76. The molecular formula is C19H17BrCl2N2O3. The van der Waals surface area contributed by atoms with Crippen molar-refractivity contribution in [1.82, 2.24) is 4.57 Å². The van der Waals surface area contributed by atoms with E-state index >= 15 is 0 Å². The van der Waals surface area contributed by atoms with Crippen LogP contribution in [0.2, 0.25) is 10.0 Å². The van der Waals surface area contributed by atoms with Gasteiger partial charge in [-0.05, 0) is 47.1 Å². The summed E-state index contributed by atoms with van der Waals surface area (Å²) in [6.07, 6.45) is 0. The molecule has 0 aliphatic heterocycles. The van der Waals surface area contributed by atoms with Gasteiger partial charge >= 0.3 is 5.97 Å². The number of hydrogen-bond acceptors (Lipinski definition) is 4. The maximum absolute atomic E-state index is 13.1. The lowest BCUT2D eigenvalue weighted by atomic mass is 10.1. The molecule has 0 unspecified atom stereocenters. The first-order valence-corrected chi connectivity index (χ1v) is 9.77. The van der Waals surface area contributed by atoms with E-state index in [2.05, 4.69) is 15.9 Å². The minimum absolute atomic E-state index is 0.0592. The number of rotatable bonds is 4. The summed E-state index contributed by atoms with van der Waals surface area (Å²) in [6, 6.07) is 6.69. The Morgan fingerprint density at radius 1 is 1.19 bits per heavy atom. The molecule has 0 N–H and O–H groups in total. The van der Waals surface area contributed by atoms with Crippen LogP contribution in [0.3, 0.4) is 0 Å². The van der Waals surface area contributed by atoms with Gasteiger partial charge in [-0.25, -0.2) is 0 Å². The number of fused-ring (bicyclic) bond motifs is 2. The highest BCUT2D eigenvalue weighted by Crippen LogP contribution is 2.35. The van der Waals surface area contributed by atoms with E-state index in [1.54, 1.807) is 35.8 Å². The second-order valence-electron chi connectivity index (χ2n) is 6.19. The Balaban J connectivity index is 2.55. The minimum atomic E-state index is -0.403. The Kier molecular flexibility index (Phi) is 5.70. The number of hydrogen-bond donors (Lipinski definition) is 0. The van der Waals surface area contributed by atoms with E-state index in [9.17, 15) is 9.59 Å². The summed E-state index contributed by atoms with van der Waals surface area (Å²) in [4.78, 5) is 27.3. The molecule has 3 aromatic rings. The second-order valence-corrected chi connectivity index (χ2v) is 7.86. The molecule has 1 aromatic heterocycles. The number of pyridine rings is 1. The third-order valence-corrected chi connectivity index (χ3v) is 5.73. The van der Waals surface area contributed by atoms with Crippen LogP contribution < -0.4 is 10.3 Å². The molecule has 0 saturated carbocycles. The van der Waals surface area contributed by atoms with E-state index in [0.29, 0.717) is 42.0 Å². The smallest absolute Gasteiger partial charge is 0.325 e. The summed E-state index contributed by atoms with van der Waals surface area (Å²) in [5.74, 6) is -0.403. The number of carbonyl (C=O) groups excluding carboxylic acids is 1. The Morgan fingerprint density at radius 2 is 1.89 bits per heavy atom. The highest BCUT2D eigenvalue weighted by molar-refractivity contribution is 9.10. The molecule has 8 heteroatoms. The monoisotopic (exact) mass is 470 g/mol. The van der Waals surface area contributed by atoms with Gasteiger partial charge in [-0.15, -0.1) is 0 Å². The summed E-state index contributed by atoms with van der Waals surface area (Å²) in [6.45, 7) is 1.96. The van der Waals surface area contributed by atoms with Crippen molar-refractivity contribution in [2.75, 3.05) is 25.6 Å². The number of anilines is 1. The fraction of sp³-hybridized carbons (Fsp3) is 0.263. The lowest BCUT2D eigenvalue weighted by Gasteiger charge is -2.22. The van der Waals surface area contributed by atoms with Crippen LogP contribution in [-0.4, -0.2) is 31.2 Å². The van der Waals surface area contributed by atoms with Crippen LogP contribution in [0.4, 0.5) is 5.69 Å². The molecular weight excluding hydrogens is 455 g/mol. The van der Waals surface area contributed by atoms with E-state index in [1.165, 1.54) is 0 Å². The predicted molar refractivity (Wildman–Crippen MR) is 114 cm³/mol. The highest BCUT2D eigenvalue weighted by Gasteiger charge is 2.20. The molecule has 5 nitrogen and oxygen atoms in total. The summed E-state index contributed by atoms with van der Waals surface area (Å²) in [7, 11) is 3.67. The number of carbonyl (C=O) groups is 1. The van der Waals surface area contributed by atoms with Crippen molar-refractivity contribution in [3.8, 4) is 0 Å². The van der Waals surface area contributed by atoms with Crippen LogP contribution in [0.1, 0.15) is 6.92 Å². The molecule has 0 radical (unpaired) electrons. The SMILES string of the molecule is CCOC(=O)Cn1c2cc(Br)c(Cl)cc2c(=O)c2ccc(Cl)c(N(C)C)c21. The van der Waals surface area contributed by atoms with Crippen molar-refractivity contribution in [2.24, 2.45) is 0 Å². The van der Waals surface area contributed by atoms with E-state index < -0.39 is 5.97 Å². The maximum atomic E-state index is 13.1. The highest BCUT2D eigenvalue weighted by atomic mass is 79.9. The van der Waals surface area contributed by atoms with Crippen LogP contribution in [0.5, 0.6) is 0 Å². The number of halogens is 3. The molecule has 1 heterocycles. The van der Waals surface area contributed by atoms with E-state index in [4.69, 9.17) is 27.9 Å². The first-order chi connectivity index (χ1) is 12.8. The quantitative estimate of drug-likeness (QED) is 0.403. The number of benzene rings is 2. The van der Waals surface area contributed by atoms with Gasteiger partial charge in [0.15, 0.2) is 5.43 Å². The maximum Gasteiger partial charge on any atom is 0.325 e. The van der Waals surface area contributed by atoms with Crippen LogP contribution in [0.15, 0.2) is 33.5 Å². The minimum Gasteiger partial charge on any atom is -0.465 e. The van der Waals surface area contributed by atoms with E-state index in [1.807, 2.05) is 19.0 Å². The third-order valence-electron chi connectivity index (χ3n) is 4.23. The normalized spacial score (nSPS) is 11.2. The lowest BCUT2D eigenvalue weighted by Crippen LogP contribution is -2.21. The van der Waals surface area contributed by atoms with Gasteiger partial charge in [0.25, 0.3) is 0 Å². The van der Waals surface area contributed by atoms with Crippen molar-refractivity contribution < 1.29 is 9.53 Å². The van der Waals surface area contributed by atoms with Crippen LogP contribution in [0.25, 0.3) is 21.8 Å². The topological polar surface area (TPSA) is 51.5 Å². The Labute approximate surface area is 174 Å². The second kappa shape index (κ2) is 7.70. The van der Waals surface area contributed by atoms with E-state index in [-0.39, 0.29) is 18.6 Å². The zero-order valence-electron chi connectivity index (χ0n) is 15.0. The van der Waals surface area contributed by atoms with Crippen LogP contribution in [-0.2, 0) is 16.1 Å². The molecule has 0 aliphatic rings. The van der Waals surface area contributed by atoms with Gasteiger partial charge in [0.05, 0.1) is 33.4 Å². The largest absolute Gasteiger partial charge is 0.465 e. The Bertz CT molecular complexity index is 1130. The fourth-order valence-electron chi connectivity index (χ4n) is 3.14. The van der Waals surface area contributed by atoms with Crippen LogP contribution in [0, 0.1) is 0 Å². The molecule has 0 aliphatic carbocycles. The van der Waals surface area contributed by atoms with Gasteiger partial charge in [-0.2, -0.15) is 0 Å².